The summed E-state index contributed by atoms with van der Waals surface area (Å²) in [5, 5.41) is 11.9. The van der Waals surface area contributed by atoms with Gasteiger partial charge in [-0.1, -0.05) is 18.2 Å². The zero-order valence-corrected chi connectivity index (χ0v) is 21.9. The van der Waals surface area contributed by atoms with E-state index in [1.807, 2.05) is 77.7 Å². The van der Waals surface area contributed by atoms with Crippen LogP contribution >= 0.6 is 36.2 Å². The van der Waals surface area contributed by atoms with E-state index in [1.54, 1.807) is 11.3 Å². The Bertz CT molecular complexity index is 1250. The fourth-order valence-corrected chi connectivity index (χ4v) is 5.05. The second kappa shape index (κ2) is 12.3. The molecule has 35 heavy (non-hydrogen) atoms. The Kier molecular flexibility index (Phi) is 9.46. The number of para-hydroxylation sites is 1. The number of hydrogen-bond donors (Lipinski definition) is 3. The lowest BCUT2D eigenvalue weighted by Gasteiger charge is -2.23. The smallest absolute Gasteiger partial charge is 0.272 e. The van der Waals surface area contributed by atoms with Crippen LogP contribution in [0.4, 0.5) is 11.4 Å². The van der Waals surface area contributed by atoms with E-state index in [1.165, 1.54) is 0 Å². The molecule has 3 heterocycles. The molecule has 0 atom stereocenters. The summed E-state index contributed by atoms with van der Waals surface area (Å²) in [5.41, 5.74) is 4.58. The number of nitrogens with one attached hydrogen (secondary N) is 3. The Morgan fingerprint density at radius 1 is 1.09 bits per heavy atom. The van der Waals surface area contributed by atoms with Crippen LogP contribution in [-0.4, -0.2) is 29.7 Å². The van der Waals surface area contributed by atoms with E-state index in [9.17, 15) is 4.79 Å². The molecule has 186 valence electrons. The lowest BCUT2D eigenvalue weighted by atomic mass is 10.1. The maximum absolute atomic E-state index is 13.0. The van der Waals surface area contributed by atoms with Gasteiger partial charge in [0.15, 0.2) is 0 Å². The van der Waals surface area contributed by atoms with E-state index in [-0.39, 0.29) is 30.7 Å². The second-order valence-electron chi connectivity index (χ2n) is 8.32. The first-order valence-corrected chi connectivity index (χ1v) is 12.2. The summed E-state index contributed by atoms with van der Waals surface area (Å²) in [7, 11) is 1.93. The molecule has 1 fully saturated rings. The number of halogens is 2. The number of thiophene rings is 1. The van der Waals surface area contributed by atoms with Crippen molar-refractivity contribution in [1.82, 2.24) is 9.88 Å². The lowest BCUT2D eigenvalue weighted by molar-refractivity contribution is 0.101. The summed E-state index contributed by atoms with van der Waals surface area (Å²) >= 11 is 1.64. The molecule has 0 spiro atoms. The Balaban J connectivity index is 0.00000171. The standard InChI is InChI=1S/C26H28N4O2S.2ClH/c1-30-23-12-15-33-25(23)16-24(30)26(31)29-22-5-3-2-4-18(22)17-28-19-6-8-20(9-7-19)32-21-10-13-27-14-11-21;;/h2-9,12,15-16,21,27-28H,10-11,13-14,17H2,1H3,(H,29,31);2*1H. The van der Waals surface area contributed by atoms with E-state index in [2.05, 4.69) is 16.0 Å². The molecule has 5 rings (SSSR count). The largest absolute Gasteiger partial charge is 0.490 e. The van der Waals surface area contributed by atoms with Crippen LogP contribution in [0.3, 0.4) is 0 Å². The van der Waals surface area contributed by atoms with E-state index in [0.29, 0.717) is 18.3 Å². The topological polar surface area (TPSA) is 67.3 Å². The molecule has 3 N–H and O–H groups in total. The predicted molar refractivity (Wildman–Crippen MR) is 150 cm³/mol. The van der Waals surface area contributed by atoms with Crippen molar-refractivity contribution in [3.63, 3.8) is 0 Å². The van der Waals surface area contributed by atoms with Gasteiger partial charge in [0.05, 0.1) is 10.2 Å². The minimum atomic E-state index is -0.104. The summed E-state index contributed by atoms with van der Waals surface area (Å²) < 4.78 is 9.14. The normalized spacial score (nSPS) is 13.5. The first kappa shape index (κ1) is 26.9. The molecule has 1 aliphatic rings. The van der Waals surface area contributed by atoms with Crippen LogP contribution < -0.4 is 20.7 Å². The SMILES string of the molecule is Cl.Cl.Cn1c(C(=O)Nc2ccccc2CNc2ccc(OC3CCNCC3)cc2)cc2sccc21. The van der Waals surface area contributed by atoms with Crippen LogP contribution in [0.1, 0.15) is 28.9 Å². The number of amides is 1. The summed E-state index contributed by atoms with van der Waals surface area (Å²) in [5.74, 6) is 0.801. The van der Waals surface area contributed by atoms with Crippen molar-refractivity contribution in [3.05, 3.63) is 77.3 Å². The third-order valence-electron chi connectivity index (χ3n) is 6.09. The van der Waals surface area contributed by atoms with Crippen molar-refractivity contribution in [3.8, 4) is 5.75 Å². The highest BCUT2D eigenvalue weighted by molar-refractivity contribution is 7.17. The fraction of sp³-hybridized carbons (Fsp3) is 0.269. The van der Waals surface area contributed by atoms with Crippen molar-refractivity contribution in [2.75, 3.05) is 23.7 Å². The number of carbonyl (C=O) groups is 1. The summed E-state index contributed by atoms with van der Waals surface area (Å²) in [4.78, 5) is 13.0. The molecule has 2 aromatic carbocycles. The van der Waals surface area contributed by atoms with Gasteiger partial charge in [0, 0.05) is 25.0 Å². The molecule has 0 unspecified atom stereocenters. The molecular formula is C26H30Cl2N4O2S. The zero-order chi connectivity index (χ0) is 22.6. The van der Waals surface area contributed by atoms with Crippen LogP contribution in [0.15, 0.2) is 66.0 Å². The second-order valence-corrected chi connectivity index (χ2v) is 9.26. The third-order valence-corrected chi connectivity index (χ3v) is 6.94. The van der Waals surface area contributed by atoms with Crippen molar-refractivity contribution < 1.29 is 9.53 Å². The zero-order valence-electron chi connectivity index (χ0n) is 19.5. The number of benzene rings is 2. The Morgan fingerprint density at radius 2 is 1.83 bits per heavy atom. The molecule has 0 radical (unpaired) electrons. The van der Waals surface area contributed by atoms with Crippen LogP contribution in [0.25, 0.3) is 10.2 Å². The van der Waals surface area contributed by atoms with Gasteiger partial charge in [-0.15, -0.1) is 36.2 Å². The molecule has 0 bridgehead atoms. The quantitative estimate of drug-likeness (QED) is 0.270. The number of hydrogen-bond acceptors (Lipinski definition) is 5. The molecule has 6 nitrogen and oxygen atoms in total. The van der Waals surface area contributed by atoms with Gasteiger partial charge >= 0.3 is 0 Å². The van der Waals surface area contributed by atoms with Crippen molar-refractivity contribution >= 4 is 63.6 Å². The number of ether oxygens (including phenoxy) is 1. The number of piperidine rings is 1. The number of anilines is 2. The van der Waals surface area contributed by atoms with E-state index in [0.717, 1.165) is 58.8 Å². The number of carbonyl (C=O) groups excluding carboxylic acids is 1. The Labute approximate surface area is 221 Å². The molecule has 1 saturated heterocycles. The predicted octanol–water partition coefficient (Wildman–Crippen LogP) is 6.08. The van der Waals surface area contributed by atoms with Crippen molar-refractivity contribution in [2.24, 2.45) is 7.05 Å². The van der Waals surface area contributed by atoms with Crippen LogP contribution in [0.5, 0.6) is 5.75 Å². The van der Waals surface area contributed by atoms with Crippen LogP contribution in [0, 0.1) is 0 Å². The number of nitrogens with zero attached hydrogens (tertiary/aromatic N) is 1. The van der Waals surface area contributed by atoms with Gasteiger partial charge in [0.2, 0.25) is 0 Å². The van der Waals surface area contributed by atoms with Crippen LogP contribution in [0.2, 0.25) is 0 Å². The van der Waals surface area contributed by atoms with Gasteiger partial charge in [0.1, 0.15) is 17.5 Å². The number of aromatic nitrogens is 1. The maximum Gasteiger partial charge on any atom is 0.272 e. The summed E-state index contributed by atoms with van der Waals surface area (Å²) in [6.45, 7) is 2.64. The Hall–Kier alpha value is -2.71. The average molecular weight is 534 g/mol. The highest BCUT2D eigenvalue weighted by Gasteiger charge is 2.16. The first-order valence-electron chi connectivity index (χ1n) is 11.3. The van der Waals surface area contributed by atoms with Gasteiger partial charge in [-0.25, -0.2) is 0 Å². The molecule has 0 saturated carbocycles. The summed E-state index contributed by atoms with van der Waals surface area (Å²) in [6.07, 6.45) is 2.38. The van der Waals surface area contributed by atoms with E-state index < -0.39 is 0 Å². The highest BCUT2D eigenvalue weighted by atomic mass is 35.5. The van der Waals surface area contributed by atoms with Gasteiger partial charge in [0.25, 0.3) is 5.91 Å². The van der Waals surface area contributed by atoms with Gasteiger partial charge in [-0.3, -0.25) is 4.79 Å². The van der Waals surface area contributed by atoms with Gasteiger partial charge in [-0.05, 0) is 79.3 Å². The molecule has 9 heteroatoms. The molecule has 2 aromatic heterocycles. The first-order chi connectivity index (χ1) is 16.2. The Morgan fingerprint density at radius 3 is 2.57 bits per heavy atom. The molecule has 0 aliphatic carbocycles. The fourth-order valence-electron chi connectivity index (χ4n) is 4.21. The maximum atomic E-state index is 13.0. The molecule has 1 amide bonds. The van der Waals surface area contributed by atoms with E-state index in [4.69, 9.17) is 4.74 Å². The third kappa shape index (κ3) is 6.30. The minimum absolute atomic E-state index is 0. The van der Waals surface area contributed by atoms with Gasteiger partial charge in [-0.2, -0.15) is 0 Å². The number of fused-ring (bicyclic) bond motifs is 1. The van der Waals surface area contributed by atoms with Crippen LogP contribution in [-0.2, 0) is 13.6 Å². The van der Waals surface area contributed by atoms with E-state index >= 15 is 0 Å². The number of rotatable bonds is 7. The number of aryl methyl sites for hydroxylation is 1. The molecular weight excluding hydrogens is 503 g/mol. The minimum Gasteiger partial charge on any atom is -0.490 e. The highest BCUT2D eigenvalue weighted by Crippen LogP contribution is 2.26. The summed E-state index contributed by atoms with van der Waals surface area (Å²) in [6, 6.07) is 20.0. The van der Waals surface area contributed by atoms with Gasteiger partial charge < -0.3 is 25.3 Å². The van der Waals surface area contributed by atoms with Crippen molar-refractivity contribution in [1.29, 1.82) is 0 Å². The monoisotopic (exact) mass is 532 g/mol. The average Bonchev–Trinajstić information content (AvgIpc) is 3.43. The molecule has 1 aliphatic heterocycles. The molecule has 4 aromatic rings. The lowest BCUT2D eigenvalue weighted by Crippen LogP contribution is -2.34. The van der Waals surface area contributed by atoms with Crippen molar-refractivity contribution in [2.45, 2.75) is 25.5 Å².